The second kappa shape index (κ2) is 4.90. The second-order valence-electron chi connectivity index (χ2n) is 4.28. The van der Waals surface area contributed by atoms with Crippen molar-refractivity contribution >= 4 is 0 Å². The first-order valence-electron chi connectivity index (χ1n) is 5.72. The molecule has 0 amide bonds. The van der Waals surface area contributed by atoms with Crippen molar-refractivity contribution in [3.63, 3.8) is 0 Å². The van der Waals surface area contributed by atoms with Crippen molar-refractivity contribution in [3.05, 3.63) is 58.5 Å². The van der Waals surface area contributed by atoms with Gasteiger partial charge in [-0.3, -0.25) is 0 Å². The molecule has 0 bridgehead atoms. The summed E-state index contributed by atoms with van der Waals surface area (Å²) >= 11 is 0. The Hall–Kier alpha value is -1.68. The Bertz CT molecular complexity index is 543. The van der Waals surface area contributed by atoms with Gasteiger partial charge in [0, 0.05) is 0 Å². The SMILES string of the molecule is CNC(c1ccc(F)c(F)c1)c1cc(C)c(C)o1. The third kappa shape index (κ3) is 2.29. The molecule has 0 aliphatic rings. The lowest BCUT2D eigenvalue weighted by molar-refractivity contribution is 0.440. The molecule has 1 heterocycles. The molecule has 0 saturated carbocycles. The summed E-state index contributed by atoms with van der Waals surface area (Å²) in [4.78, 5) is 0. The number of halogens is 2. The highest BCUT2D eigenvalue weighted by molar-refractivity contribution is 5.30. The van der Waals surface area contributed by atoms with E-state index in [1.807, 2.05) is 19.9 Å². The number of hydrogen-bond donors (Lipinski definition) is 1. The minimum atomic E-state index is -0.854. The van der Waals surface area contributed by atoms with Crippen LogP contribution < -0.4 is 5.32 Å². The average molecular weight is 251 g/mol. The summed E-state index contributed by atoms with van der Waals surface area (Å²) < 4.78 is 31.8. The van der Waals surface area contributed by atoms with Crippen LogP contribution in [0.3, 0.4) is 0 Å². The van der Waals surface area contributed by atoms with E-state index in [-0.39, 0.29) is 6.04 Å². The van der Waals surface area contributed by atoms with Crippen molar-refractivity contribution in [2.75, 3.05) is 7.05 Å². The molecule has 0 spiro atoms. The molecule has 1 atom stereocenters. The van der Waals surface area contributed by atoms with Crippen LogP contribution in [0.5, 0.6) is 0 Å². The molecular formula is C14H15F2NO. The first-order valence-corrected chi connectivity index (χ1v) is 5.72. The van der Waals surface area contributed by atoms with Crippen LogP contribution in [-0.2, 0) is 0 Å². The predicted molar refractivity (Wildman–Crippen MR) is 65.4 cm³/mol. The van der Waals surface area contributed by atoms with Crippen LogP contribution in [-0.4, -0.2) is 7.05 Å². The van der Waals surface area contributed by atoms with Gasteiger partial charge in [0.15, 0.2) is 11.6 Å². The van der Waals surface area contributed by atoms with Gasteiger partial charge in [0.2, 0.25) is 0 Å². The Balaban J connectivity index is 2.41. The van der Waals surface area contributed by atoms with Crippen molar-refractivity contribution in [1.29, 1.82) is 0 Å². The lowest BCUT2D eigenvalue weighted by atomic mass is 10.0. The Morgan fingerprint density at radius 1 is 1.11 bits per heavy atom. The van der Waals surface area contributed by atoms with E-state index in [1.54, 1.807) is 13.1 Å². The summed E-state index contributed by atoms with van der Waals surface area (Å²) in [6, 6.07) is 5.47. The molecule has 1 aromatic carbocycles. The summed E-state index contributed by atoms with van der Waals surface area (Å²) in [6.45, 7) is 3.82. The van der Waals surface area contributed by atoms with Crippen LogP contribution >= 0.6 is 0 Å². The topological polar surface area (TPSA) is 25.2 Å². The quantitative estimate of drug-likeness (QED) is 0.903. The summed E-state index contributed by atoms with van der Waals surface area (Å²) in [5, 5.41) is 3.04. The fraction of sp³-hybridized carbons (Fsp3) is 0.286. The van der Waals surface area contributed by atoms with E-state index >= 15 is 0 Å². The molecule has 0 fully saturated rings. The summed E-state index contributed by atoms with van der Waals surface area (Å²) in [5.74, 6) is -0.181. The third-order valence-corrected chi connectivity index (χ3v) is 3.04. The molecule has 4 heteroatoms. The number of furan rings is 1. The van der Waals surface area contributed by atoms with Gasteiger partial charge in [-0.1, -0.05) is 6.07 Å². The first kappa shape index (κ1) is 12.8. The number of nitrogens with one attached hydrogen (secondary N) is 1. The zero-order valence-corrected chi connectivity index (χ0v) is 10.6. The molecular weight excluding hydrogens is 236 g/mol. The average Bonchev–Trinajstić information content (AvgIpc) is 2.65. The number of benzene rings is 1. The largest absolute Gasteiger partial charge is 0.464 e. The normalized spacial score (nSPS) is 12.7. The lowest BCUT2D eigenvalue weighted by Crippen LogP contribution is -2.17. The van der Waals surface area contributed by atoms with Gasteiger partial charge in [0.1, 0.15) is 11.5 Å². The molecule has 0 aliphatic carbocycles. The smallest absolute Gasteiger partial charge is 0.159 e. The minimum absolute atomic E-state index is 0.285. The van der Waals surface area contributed by atoms with E-state index in [2.05, 4.69) is 5.32 Å². The van der Waals surface area contributed by atoms with E-state index in [0.29, 0.717) is 11.3 Å². The van der Waals surface area contributed by atoms with Crippen molar-refractivity contribution < 1.29 is 13.2 Å². The highest BCUT2D eigenvalue weighted by Gasteiger charge is 2.18. The molecule has 96 valence electrons. The summed E-state index contributed by atoms with van der Waals surface area (Å²) in [6.07, 6.45) is 0. The Kier molecular flexibility index (Phi) is 3.48. The van der Waals surface area contributed by atoms with E-state index < -0.39 is 11.6 Å². The van der Waals surface area contributed by atoms with Crippen molar-refractivity contribution in [2.45, 2.75) is 19.9 Å². The summed E-state index contributed by atoms with van der Waals surface area (Å²) in [5.41, 5.74) is 1.66. The molecule has 2 rings (SSSR count). The Labute approximate surface area is 105 Å². The molecule has 2 nitrogen and oxygen atoms in total. The van der Waals surface area contributed by atoms with Crippen molar-refractivity contribution in [2.24, 2.45) is 0 Å². The van der Waals surface area contributed by atoms with Crippen LogP contribution in [0.4, 0.5) is 8.78 Å². The van der Waals surface area contributed by atoms with Crippen molar-refractivity contribution in [3.8, 4) is 0 Å². The predicted octanol–water partition coefficient (Wildman–Crippen LogP) is 3.48. The van der Waals surface area contributed by atoms with Crippen LogP contribution in [0.15, 0.2) is 28.7 Å². The molecule has 0 saturated heterocycles. The van der Waals surface area contributed by atoms with Crippen LogP contribution in [0.2, 0.25) is 0 Å². The van der Waals surface area contributed by atoms with Crippen molar-refractivity contribution in [1.82, 2.24) is 5.32 Å². The van der Waals surface area contributed by atoms with Gasteiger partial charge in [-0.15, -0.1) is 0 Å². The Morgan fingerprint density at radius 3 is 2.33 bits per heavy atom. The number of rotatable bonds is 3. The van der Waals surface area contributed by atoms with Gasteiger partial charge in [-0.05, 0) is 50.2 Å². The lowest BCUT2D eigenvalue weighted by Gasteiger charge is -2.14. The second-order valence-corrected chi connectivity index (χ2v) is 4.28. The number of aryl methyl sites for hydroxylation is 2. The van der Waals surface area contributed by atoms with E-state index in [9.17, 15) is 8.78 Å². The standard InChI is InChI=1S/C14H15F2NO/c1-8-6-13(18-9(8)2)14(17-3)10-4-5-11(15)12(16)7-10/h4-7,14,17H,1-3H3. The molecule has 1 unspecified atom stereocenters. The van der Waals surface area contributed by atoms with Gasteiger partial charge in [-0.25, -0.2) is 8.78 Å². The highest BCUT2D eigenvalue weighted by atomic mass is 19.2. The van der Waals surface area contributed by atoms with E-state index in [4.69, 9.17) is 4.42 Å². The summed E-state index contributed by atoms with van der Waals surface area (Å²) in [7, 11) is 1.75. The Morgan fingerprint density at radius 2 is 1.83 bits per heavy atom. The van der Waals surface area contributed by atoms with E-state index in [1.165, 1.54) is 6.07 Å². The fourth-order valence-electron chi connectivity index (χ4n) is 1.91. The molecule has 0 radical (unpaired) electrons. The van der Waals surface area contributed by atoms with Crippen LogP contribution in [0, 0.1) is 25.5 Å². The molecule has 1 N–H and O–H groups in total. The van der Waals surface area contributed by atoms with E-state index in [0.717, 1.165) is 17.4 Å². The van der Waals surface area contributed by atoms with Gasteiger partial charge < -0.3 is 9.73 Å². The van der Waals surface area contributed by atoms with Gasteiger partial charge in [-0.2, -0.15) is 0 Å². The fourth-order valence-corrected chi connectivity index (χ4v) is 1.91. The molecule has 18 heavy (non-hydrogen) atoms. The van der Waals surface area contributed by atoms with Gasteiger partial charge in [0.05, 0.1) is 6.04 Å². The van der Waals surface area contributed by atoms with Crippen LogP contribution in [0.25, 0.3) is 0 Å². The maximum absolute atomic E-state index is 13.2. The monoisotopic (exact) mass is 251 g/mol. The highest BCUT2D eigenvalue weighted by Crippen LogP contribution is 2.26. The zero-order chi connectivity index (χ0) is 13.3. The maximum atomic E-state index is 13.2. The molecule has 0 aliphatic heterocycles. The first-order chi connectivity index (χ1) is 8.52. The zero-order valence-electron chi connectivity index (χ0n) is 10.6. The third-order valence-electron chi connectivity index (χ3n) is 3.04. The maximum Gasteiger partial charge on any atom is 0.159 e. The molecule has 1 aromatic heterocycles. The van der Waals surface area contributed by atoms with Gasteiger partial charge in [0.25, 0.3) is 0 Å². The molecule has 2 aromatic rings. The minimum Gasteiger partial charge on any atom is -0.464 e. The van der Waals surface area contributed by atoms with Crippen LogP contribution in [0.1, 0.15) is 28.7 Å². The number of hydrogen-bond acceptors (Lipinski definition) is 2. The van der Waals surface area contributed by atoms with Gasteiger partial charge >= 0.3 is 0 Å².